The molecule has 2 amide bonds. The Bertz CT molecular complexity index is 397. The average Bonchev–Trinajstić information content (AvgIpc) is 2.24. The van der Waals surface area contributed by atoms with E-state index in [1.54, 1.807) is 0 Å². The molecule has 0 saturated carbocycles. The second-order valence-corrected chi connectivity index (χ2v) is 3.18. The van der Waals surface area contributed by atoms with Gasteiger partial charge in [-0.2, -0.15) is 0 Å². The molecule has 1 heterocycles. The molecule has 1 rings (SSSR count). The van der Waals surface area contributed by atoms with E-state index in [2.05, 4.69) is 15.0 Å². The zero-order valence-corrected chi connectivity index (χ0v) is 9.03. The van der Waals surface area contributed by atoms with Gasteiger partial charge in [-0.1, -0.05) is 11.6 Å². The van der Waals surface area contributed by atoms with E-state index < -0.39 is 6.09 Å². The van der Waals surface area contributed by atoms with Crippen LogP contribution in [0.3, 0.4) is 0 Å². The Labute approximate surface area is 96.7 Å². The van der Waals surface area contributed by atoms with Gasteiger partial charge in [0.25, 0.3) is 5.91 Å². The monoisotopic (exact) mass is 243 g/mol. The fourth-order valence-corrected chi connectivity index (χ4v) is 1.14. The molecular weight excluding hydrogens is 234 g/mol. The van der Waals surface area contributed by atoms with Crippen LogP contribution in [-0.2, 0) is 4.74 Å². The van der Waals surface area contributed by atoms with Crippen molar-refractivity contribution in [2.45, 2.75) is 0 Å². The maximum absolute atomic E-state index is 11.5. The van der Waals surface area contributed by atoms with Crippen molar-refractivity contribution in [2.24, 2.45) is 5.73 Å². The van der Waals surface area contributed by atoms with Crippen molar-refractivity contribution in [3.63, 3.8) is 0 Å². The van der Waals surface area contributed by atoms with E-state index in [0.717, 1.165) is 0 Å². The highest BCUT2D eigenvalue weighted by atomic mass is 35.5. The summed E-state index contributed by atoms with van der Waals surface area (Å²) in [5.74, 6) is -0.322. The predicted octanol–water partition coefficient (Wildman–Crippen LogP) is 0.560. The van der Waals surface area contributed by atoms with E-state index in [1.165, 1.54) is 18.3 Å². The zero-order chi connectivity index (χ0) is 12.0. The number of nitrogens with one attached hydrogen (secondary N) is 1. The van der Waals surface area contributed by atoms with E-state index in [4.69, 9.17) is 17.3 Å². The van der Waals surface area contributed by atoms with E-state index in [-0.39, 0.29) is 24.2 Å². The Kier molecular flexibility index (Phi) is 4.53. The first-order valence-electron chi connectivity index (χ1n) is 4.41. The van der Waals surface area contributed by atoms with Crippen molar-refractivity contribution in [1.82, 2.24) is 10.3 Å². The number of hydrogen-bond acceptors (Lipinski definition) is 4. The topological polar surface area (TPSA) is 94.3 Å². The number of aromatic nitrogens is 1. The Morgan fingerprint density at radius 2 is 2.31 bits per heavy atom. The molecule has 0 radical (unpaired) electrons. The number of nitrogens with zero attached hydrogens (tertiary/aromatic N) is 1. The maximum atomic E-state index is 11.5. The molecule has 1 aromatic rings. The lowest BCUT2D eigenvalue weighted by molar-refractivity contribution is 0.0936. The van der Waals surface area contributed by atoms with Crippen LogP contribution >= 0.6 is 11.6 Å². The first-order chi connectivity index (χ1) is 7.59. The maximum Gasteiger partial charge on any atom is 0.404 e. The quantitative estimate of drug-likeness (QED) is 0.597. The third-order valence-electron chi connectivity index (χ3n) is 1.62. The van der Waals surface area contributed by atoms with Crippen LogP contribution in [-0.4, -0.2) is 30.1 Å². The summed E-state index contributed by atoms with van der Waals surface area (Å²) in [6, 6.07) is 2.96. The summed E-state index contributed by atoms with van der Waals surface area (Å²) in [6.07, 6.45) is 0.554. The Hall–Kier alpha value is -1.82. The first-order valence-corrected chi connectivity index (χ1v) is 4.79. The van der Waals surface area contributed by atoms with Gasteiger partial charge in [-0.25, -0.2) is 9.78 Å². The summed E-state index contributed by atoms with van der Waals surface area (Å²) >= 11 is 5.61. The van der Waals surface area contributed by atoms with Gasteiger partial charge in [0.15, 0.2) is 0 Å². The molecule has 0 saturated heterocycles. The lowest BCUT2D eigenvalue weighted by atomic mass is 10.2. The van der Waals surface area contributed by atoms with Gasteiger partial charge >= 0.3 is 6.09 Å². The SMILES string of the molecule is NC(=O)OCCNC(=O)c1ccnc(Cl)c1. The van der Waals surface area contributed by atoms with Crippen molar-refractivity contribution in [1.29, 1.82) is 0 Å². The van der Waals surface area contributed by atoms with Gasteiger partial charge in [-0.05, 0) is 12.1 Å². The lowest BCUT2D eigenvalue weighted by Gasteiger charge is -2.04. The minimum Gasteiger partial charge on any atom is -0.448 e. The smallest absolute Gasteiger partial charge is 0.404 e. The summed E-state index contributed by atoms with van der Waals surface area (Å²) in [7, 11) is 0. The Balaban J connectivity index is 2.38. The number of amides is 2. The number of carbonyl (C=O) groups is 2. The number of nitrogens with two attached hydrogens (primary N) is 1. The van der Waals surface area contributed by atoms with Gasteiger partial charge in [-0.3, -0.25) is 4.79 Å². The summed E-state index contributed by atoms with van der Waals surface area (Å²) < 4.78 is 4.44. The van der Waals surface area contributed by atoms with Crippen molar-refractivity contribution < 1.29 is 14.3 Å². The number of hydrogen-bond donors (Lipinski definition) is 2. The number of halogens is 1. The highest BCUT2D eigenvalue weighted by Crippen LogP contribution is 2.06. The van der Waals surface area contributed by atoms with Crippen LogP contribution in [0.1, 0.15) is 10.4 Å². The molecule has 0 aromatic carbocycles. The van der Waals surface area contributed by atoms with Crippen LogP contribution in [0.4, 0.5) is 4.79 Å². The van der Waals surface area contributed by atoms with Crippen LogP contribution in [0.15, 0.2) is 18.3 Å². The van der Waals surface area contributed by atoms with Gasteiger partial charge < -0.3 is 15.8 Å². The number of carbonyl (C=O) groups excluding carboxylic acids is 2. The van der Waals surface area contributed by atoms with Crippen LogP contribution in [0.25, 0.3) is 0 Å². The molecule has 0 spiro atoms. The van der Waals surface area contributed by atoms with E-state index in [0.29, 0.717) is 5.56 Å². The molecule has 7 heteroatoms. The Morgan fingerprint density at radius 1 is 1.56 bits per heavy atom. The van der Waals surface area contributed by atoms with Crippen molar-refractivity contribution in [3.05, 3.63) is 29.0 Å². The number of rotatable bonds is 4. The molecule has 0 fully saturated rings. The molecule has 0 aliphatic rings. The second kappa shape index (κ2) is 5.92. The second-order valence-electron chi connectivity index (χ2n) is 2.79. The standard InChI is InChI=1S/C9H10ClN3O3/c10-7-5-6(1-2-12-7)8(14)13-3-4-16-9(11)15/h1-2,5H,3-4H2,(H2,11,15)(H,13,14). The molecule has 6 nitrogen and oxygen atoms in total. The zero-order valence-electron chi connectivity index (χ0n) is 8.27. The molecule has 1 aromatic heterocycles. The number of pyridine rings is 1. The van der Waals surface area contributed by atoms with E-state index in [9.17, 15) is 9.59 Å². The van der Waals surface area contributed by atoms with E-state index >= 15 is 0 Å². The third kappa shape index (κ3) is 4.14. The molecule has 0 aliphatic carbocycles. The minimum absolute atomic E-state index is 0.0277. The summed E-state index contributed by atoms with van der Waals surface area (Å²) in [6.45, 7) is 0.210. The van der Waals surface area contributed by atoms with Gasteiger partial charge in [0, 0.05) is 11.8 Å². The summed E-state index contributed by atoms with van der Waals surface area (Å²) in [5.41, 5.74) is 5.13. The van der Waals surface area contributed by atoms with E-state index in [1.807, 2.05) is 0 Å². The molecule has 0 unspecified atom stereocenters. The molecule has 3 N–H and O–H groups in total. The summed E-state index contributed by atoms with van der Waals surface area (Å²) in [4.78, 5) is 25.4. The minimum atomic E-state index is -0.874. The Morgan fingerprint density at radius 3 is 2.94 bits per heavy atom. The van der Waals surface area contributed by atoms with Crippen LogP contribution in [0.5, 0.6) is 0 Å². The third-order valence-corrected chi connectivity index (χ3v) is 1.83. The molecule has 0 atom stereocenters. The summed E-state index contributed by atoms with van der Waals surface area (Å²) in [5, 5.41) is 2.76. The molecule has 0 bridgehead atoms. The van der Waals surface area contributed by atoms with Crippen molar-refractivity contribution in [3.8, 4) is 0 Å². The predicted molar refractivity (Wildman–Crippen MR) is 57.1 cm³/mol. The van der Waals surface area contributed by atoms with Crippen molar-refractivity contribution in [2.75, 3.05) is 13.2 Å². The van der Waals surface area contributed by atoms with Crippen molar-refractivity contribution >= 4 is 23.6 Å². The fourth-order valence-electron chi connectivity index (χ4n) is 0.962. The molecule has 16 heavy (non-hydrogen) atoms. The highest BCUT2D eigenvalue weighted by molar-refractivity contribution is 6.29. The number of ether oxygens (including phenoxy) is 1. The fraction of sp³-hybridized carbons (Fsp3) is 0.222. The van der Waals surface area contributed by atoms with Gasteiger partial charge in [0.05, 0.1) is 6.54 Å². The number of primary amides is 1. The normalized spacial score (nSPS) is 9.56. The molecule has 0 aliphatic heterocycles. The molecule has 86 valence electrons. The first kappa shape index (κ1) is 12.3. The van der Waals surface area contributed by atoms with Crippen LogP contribution in [0, 0.1) is 0 Å². The largest absolute Gasteiger partial charge is 0.448 e. The van der Waals surface area contributed by atoms with Gasteiger partial charge in [0.1, 0.15) is 11.8 Å². The van der Waals surface area contributed by atoms with Gasteiger partial charge in [-0.15, -0.1) is 0 Å². The highest BCUT2D eigenvalue weighted by Gasteiger charge is 2.05. The van der Waals surface area contributed by atoms with Gasteiger partial charge in [0.2, 0.25) is 0 Å². The van der Waals surface area contributed by atoms with Crippen LogP contribution < -0.4 is 11.1 Å². The molecular formula is C9H10ClN3O3. The lowest BCUT2D eigenvalue weighted by Crippen LogP contribution is -2.29. The average molecular weight is 244 g/mol. The van der Waals surface area contributed by atoms with Crippen LogP contribution in [0.2, 0.25) is 5.15 Å².